The molecule has 0 radical (unpaired) electrons. The van der Waals surface area contributed by atoms with Crippen LogP contribution in [0.15, 0.2) is 12.3 Å². The Morgan fingerprint density at radius 1 is 1.40 bits per heavy atom. The van der Waals surface area contributed by atoms with Crippen LogP contribution >= 0.6 is 0 Å². The Bertz CT molecular complexity index is 368. The van der Waals surface area contributed by atoms with Crippen molar-refractivity contribution in [3.8, 4) is 0 Å². The Morgan fingerprint density at radius 2 is 2.30 bits per heavy atom. The van der Waals surface area contributed by atoms with Crippen molar-refractivity contribution in [1.82, 2.24) is 20.0 Å². The van der Waals surface area contributed by atoms with Gasteiger partial charge in [0.05, 0.1) is 5.69 Å². The van der Waals surface area contributed by atoms with E-state index in [-0.39, 0.29) is 0 Å². The SMILES string of the molecule is CCCCN(Cc1ccnn1CCC)CC1CCCN1. The quantitative estimate of drug-likeness (QED) is 0.754. The number of aromatic nitrogens is 2. The molecule has 1 aliphatic heterocycles. The largest absolute Gasteiger partial charge is 0.313 e. The second-order valence-corrected chi connectivity index (χ2v) is 5.93. The van der Waals surface area contributed by atoms with Gasteiger partial charge in [-0.05, 0) is 44.8 Å². The topological polar surface area (TPSA) is 33.1 Å². The summed E-state index contributed by atoms with van der Waals surface area (Å²) in [5.74, 6) is 0. The Balaban J connectivity index is 1.92. The third-order valence-corrected chi connectivity index (χ3v) is 4.09. The van der Waals surface area contributed by atoms with E-state index in [1.165, 1.54) is 51.0 Å². The van der Waals surface area contributed by atoms with Crippen LogP contribution in [0, 0.1) is 0 Å². The van der Waals surface area contributed by atoms with E-state index in [2.05, 4.69) is 39.9 Å². The second-order valence-electron chi connectivity index (χ2n) is 5.93. The molecule has 114 valence electrons. The highest BCUT2D eigenvalue weighted by Crippen LogP contribution is 2.12. The predicted molar refractivity (Wildman–Crippen MR) is 83.7 cm³/mol. The fraction of sp³-hybridized carbons (Fsp3) is 0.812. The maximum atomic E-state index is 4.45. The van der Waals surface area contributed by atoms with Crippen LogP contribution in [0.2, 0.25) is 0 Å². The number of unbranched alkanes of at least 4 members (excludes halogenated alkanes) is 1. The average Bonchev–Trinajstić information content (AvgIpc) is 3.09. The van der Waals surface area contributed by atoms with Gasteiger partial charge in [0.25, 0.3) is 0 Å². The van der Waals surface area contributed by atoms with Crippen LogP contribution in [0.4, 0.5) is 0 Å². The smallest absolute Gasteiger partial charge is 0.0524 e. The van der Waals surface area contributed by atoms with Crippen molar-refractivity contribution < 1.29 is 0 Å². The predicted octanol–water partition coefficient (Wildman–Crippen LogP) is 2.65. The van der Waals surface area contributed by atoms with Crippen molar-refractivity contribution in [3.05, 3.63) is 18.0 Å². The second kappa shape index (κ2) is 8.42. The molecule has 1 aromatic heterocycles. The van der Waals surface area contributed by atoms with Crippen LogP contribution in [0.1, 0.15) is 51.6 Å². The van der Waals surface area contributed by atoms with Gasteiger partial charge in [0.1, 0.15) is 0 Å². The monoisotopic (exact) mass is 278 g/mol. The van der Waals surface area contributed by atoms with Crippen molar-refractivity contribution in [1.29, 1.82) is 0 Å². The normalized spacial score (nSPS) is 19.1. The molecule has 1 aromatic rings. The minimum Gasteiger partial charge on any atom is -0.313 e. The first-order valence-corrected chi connectivity index (χ1v) is 8.30. The summed E-state index contributed by atoms with van der Waals surface area (Å²) >= 11 is 0. The number of nitrogens with zero attached hydrogens (tertiary/aromatic N) is 3. The van der Waals surface area contributed by atoms with Crippen molar-refractivity contribution in [2.24, 2.45) is 0 Å². The number of aryl methyl sites for hydroxylation is 1. The highest BCUT2D eigenvalue weighted by atomic mass is 15.3. The standard InChI is InChI=1S/C16H30N4/c1-3-5-12-19(13-15-7-6-9-17-15)14-16-8-10-18-20(16)11-4-2/h8,10,15,17H,3-7,9,11-14H2,1-2H3. The van der Waals surface area contributed by atoms with Crippen LogP contribution in [-0.2, 0) is 13.1 Å². The van der Waals surface area contributed by atoms with E-state index in [1.807, 2.05) is 6.20 Å². The minimum absolute atomic E-state index is 0.689. The summed E-state index contributed by atoms with van der Waals surface area (Å²) in [7, 11) is 0. The van der Waals surface area contributed by atoms with Crippen molar-refractivity contribution in [3.63, 3.8) is 0 Å². The molecule has 20 heavy (non-hydrogen) atoms. The zero-order valence-electron chi connectivity index (χ0n) is 13.1. The number of rotatable bonds is 9. The van der Waals surface area contributed by atoms with Gasteiger partial charge in [0.2, 0.25) is 0 Å². The Morgan fingerprint density at radius 3 is 3.00 bits per heavy atom. The van der Waals surface area contributed by atoms with Crippen LogP contribution in [0.3, 0.4) is 0 Å². The van der Waals surface area contributed by atoms with E-state index in [1.54, 1.807) is 0 Å². The van der Waals surface area contributed by atoms with Gasteiger partial charge >= 0.3 is 0 Å². The van der Waals surface area contributed by atoms with E-state index in [0.29, 0.717) is 6.04 Å². The van der Waals surface area contributed by atoms with Gasteiger partial charge in [-0.25, -0.2) is 0 Å². The molecule has 4 heteroatoms. The summed E-state index contributed by atoms with van der Waals surface area (Å²) in [6, 6.07) is 2.87. The fourth-order valence-electron chi connectivity index (χ4n) is 2.98. The van der Waals surface area contributed by atoms with Gasteiger partial charge < -0.3 is 5.32 Å². The summed E-state index contributed by atoms with van der Waals surface area (Å²) in [6.45, 7) is 10.1. The lowest BCUT2D eigenvalue weighted by molar-refractivity contribution is 0.230. The van der Waals surface area contributed by atoms with Crippen LogP contribution in [0.5, 0.6) is 0 Å². The maximum Gasteiger partial charge on any atom is 0.0524 e. The van der Waals surface area contributed by atoms with Gasteiger partial charge in [0.15, 0.2) is 0 Å². The highest BCUT2D eigenvalue weighted by Gasteiger charge is 2.18. The number of nitrogens with one attached hydrogen (secondary N) is 1. The molecule has 0 bridgehead atoms. The molecule has 2 rings (SSSR count). The summed E-state index contributed by atoms with van der Waals surface area (Å²) in [6.07, 6.45) is 8.30. The van der Waals surface area contributed by atoms with E-state index in [9.17, 15) is 0 Å². The number of hydrogen-bond donors (Lipinski definition) is 1. The molecule has 0 aliphatic carbocycles. The Hall–Kier alpha value is -0.870. The van der Waals surface area contributed by atoms with E-state index in [0.717, 1.165) is 19.5 Å². The summed E-state index contributed by atoms with van der Waals surface area (Å²) in [5.41, 5.74) is 1.36. The molecular weight excluding hydrogens is 248 g/mol. The molecule has 1 fully saturated rings. The van der Waals surface area contributed by atoms with Crippen molar-refractivity contribution in [2.75, 3.05) is 19.6 Å². The van der Waals surface area contributed by atoms with E-state index < -0.39 is 0 Å². The zero-order valence-corrected chi connectivity index (χ0v) is 13.1. The minimum atomic E-state index is 0.689. The van der Waals surface area contributed by atoms with E-state index in [4.69, 9.17) is 0 Å². The molecule has 0 spiro atoms. The molecule has 2 heterocycles. The van der Waals surface area contributed by atoms with Crippen molar-refractivity contribution >= 4 is 0 Å². The fourth-order valence-corrected chi connectivity index (χ4v) is 2.98. The molecule has 0 aromatic carbocycles. The molecule has 1 N–H and O–H groups in total. The van der Waals surface area contributed by atoms with Crippen molar-refractivity contribution in [2.45, 2.75) is 65.1 Å². The van der Waals surface area contributed by atoms with Gasteiger partial charge in [-0.15, -0.1) is 0 Å². The third-order valence-electron chi connectivity index (χ3n) is 4.09. The summed E-state index contributed by atoms with van der Waals surface area (Å²) in [4.78, 5) is 2.61. The lowest BCUT2D eigenvalue weighted by Crippen LogP contribution is -2.38. The van der Waals surface area contributed by atoms with Gasteiger partial charge in [-0.2, -0.15) is 5.10 Å². The molecule has 0 saturated carbocycles. The van der Waals surface area contributed by atoms with Gasteiger partial charge in [0, 0.05) is 31.9 Å². The van der Waals surface area contributed by atoms with Crippen LogP contribution in [0.25, 0.3) is 0 Å². The Kier molecular flexibility index (Phi) is 6.54. The Labute approximate surface area is 123 Å². The number of hydrogen-bond acceptors (Lipinski definition) is 3. The van der Waals surface area contributed by atoms with Gasteiger partial charge in [-0.3, -0.25) is 9.58 Å². The third kappa shape index (κ3) is 4.60. The molecule has 0 amide bonds. The first kappa shape index (κ1) is 15.5. The lowest BCUT2D eigenvalue weighted by atomic mass is 10.2. The molecule has 1 saturated heterocycles. The maximum absolute atomic E-state index is 4.45. The lowest BCUT2D eigenvalue weighted by Gasteiger charge is -2.25. The van der Waals surface area contributed by atoms with Gasteiger partial charge in [-0.1, -0.05) is 20.3 Å². The van der Waals surface area contributed by atoms with Crippen LogP contribution in [-0.4, -0.2) is 40.4 Å². The first-order valence-electron chi connectivity index (χ1n) is 8.30. The molecular formula is C16H30N4. The summed E-state index contributed by atoms with van der Waals surface area (Å²) in [5, 5.41) is 8.06. The molecule has 1 unspecified atom stereocenters. The first-order chi connectivity index (χ1) is 9.83. The van der Waals surface area contributed by atoms with Crippen LogP contribution < -0.4 is 5.32 Å². The molecule has 4 nitrogen and oxygen atoms in total. The molecule has 1 atom stereocenters. The average molecular weight is 278 g/mol. The van der Waals surface area contributed by atoms with E-state index >= 15 is 0 Å². The summed E-state index contributed by atoms with van der Waals surface area (Å²) < 4.78 is 2.17. The molecule has 1 aliphatic rings. The zero-order chi connectivity index (χ0) is 14.2. The highest BCUT2D eigenvalue weighted by molar-refractivity contribution is 5.00.